The first-order chi connectivity index (χ1) is 8.70. The van der Waals surface area contributed by atoms with Crippen molar-refractivity contribution in [1.82, 2.24) is 4.57 Å². The molecule has 2 aromatic rings. The molecular formula is C15H22N2O. The Kier molecular flexibility index (Phi) is 4.39. The van der Waals surface area contributed by atoms with E-state index in [1.807, 2.05) is 0 Å². The van der Waals surface area contributed by atoms with E-state index in [0.29, 0.717) is 12.5 Å². The van der Waals surface area contributed by atoms with Crippen molar-refractivity contribution in [3.63, 3.8) is 0 Å². The Morgan fingerprint density at radius 3 is 2.83 bits per heavy atom. The second-order valence-corrected chi connectivity index (χ2v) is 5.08. The summed E-state index contributed by atoms with van der Waals surface area (Å²) in [4.78, 5) is 0. The topological polar surface area (TPSA) is 40.2 Å². The fraction of sp³-hybridized carbons (Fsp3) is 0.467. The highest BCUT2D eigenvalue weighted by Gasteiger charge is 2.02. The minimum Gasteiger partial charge on any atom is -0.379 e. The monoisotopic (exact) mass is 246 g/mol. The molecule has 0 aliphatic rings. The molecule has 98 valence electrons. The summed E-state index contributed by atoms with van der Waals surface area (Å²) in [7, 11) is 0. The Bertz CT molecular complexity index is 502. The van der Waals surface area contributed by atoms with Gasteiger partial charge in [0.2, 0.25) is 0 Å². The molecular weight excluding hydrogens is 224 g/mol. The van der Waals surface area contributed by atoms with Crippen LogP contribution in [-0.2, 0) is 17.8 Å². The first-order valence-corrected chi connectivity index (χ1v) is 6.56. The van der Waals surface area contributed by atoms with Gasteiger partial charge in [0, 0.05) is 31.4 Å². The molecule has 0 bridgehead atoms. The Balaban J connectivity index is 2.01. The number of rotatable bonds is 6. The molecule has 1 aromatic heterocycles. The van der Waals surface area contributed by atoms with Crippen LogP contribution in [0.3, 0.4) is 0 Å². The normalized spacial score (nSPS) is 11.6. The standard InChI is InChI=1S/C15H22N2O/c1-12(2)11-18-8-7-17-6-5-14-9-13(10-16)3-4-15(14)17/h3-6,9,12H,7-8,10-11,16H2,1-2H3. The van der Waals surface area contributed by atoms with Gasteiger partial charge in [-0.15, -0.1) is 0 Å². The molecule has 3 heteroatoms. The van der Waals surface area contributed by atoms with Gasteiger partial charge in [-0.3, -0.25) is 0 Å². The fourth-order valence-electron chi connectivity index (χ4n) is 2.05. The van der Waals surface area contributed by atoms with Crippen LogP contribution in [0.25, 0.3) is 10.9 Å². The van der Waals surface area contributed by atoms with Crippen LogP contribution in [0.5, 0.6) is 0 Å². The quantitative estimate of drug-likeness (QED) is 0.796. The van der Waals surface area contributed by atoms with E-state index in [-0.39, 0.29) is 0 Å². The van der Waals surface area contributed by atoms with Crippen LogP contribution in [0, 0.1) is 5.92 Å². The molecule has 0 spiro atoms. The number of nitrogens with two attached hydrogens (primary N) is 1. The van der Waals surface area contributed by atoms with E-state index < -0.39 is 0 Å². The fourth-order valence-corrected chi connectivity index (χ4v) is 2.05. The molecule has 2 N–H and O–H groups in total. The average Bonchev–Trinajstić information content (AvgIpc) is 2.76. The summed E-state index contributed by atoms with van der Waals surface area (Å²) < 4.78 is 7.85. The van der Waals surface area contributed by atoms with Gasteiger partial charge >= 0.3 is 0 Å². The number of nitrogens with zero attached hydrogens (tertiary/aromatic N) is 1. The summed E-state index contributed by atoms with van der Waals surface area (Å²) in [5, 5.41) is 1.25. The maximum atomic E-state index is 5.65. The third-order valence-electron chi connectivity index (χ3n) is 3.00. The maximum Gasteiger partial charge on any atom is 0.0645 e. The average molecular weight is 246 g/mol. The van der Waals surface area contributed by atoms with Crippen molar-refractivity contribution in [3.8, 4) is 0 Å². The van der Waals surface area contributed by atoms with Crippen LogP contribution in [0.4, 0.5) is 0 Å². The zero-order valence-corrected chi connectivity index (χ0v) is 11.2. The lowest BCUT2D eigenvalue weighted by molar-refractivity contribution is 0.104. The SMILES string of the molecule is CC(C)COCCn1ccc2cc(CN)ccc21. The summed E-state index contributed by atoms with van der Waals surface area (Å²) in [6, 6.07) is 8.52. The van der Waals surface area contributed by atoms with Crippen LogP contribution in [0.2, 0.25) is 0 Å². The van der Waals surface area contributed by atoms with Crippen molar-refractivity contribution in [2.75, 3.05) is 13.2 Å². The van der Waals surface area contributed by atoms with Crippen LogP contribution in [0.1, 0.15) is 19.4 Å². The highest BCUT2D eigenvalue weighted by molar-refractivity contribution is 5.80. The van der Waals surface area contributed by atoms with Gasteiger partial charge in [-0.2, -0.15) is 0 Å². The number of benzene rings is 1. The summed E-state index contributed by atoms with van der Waals surface area (Å²) in [6.45, 7) is 7.42. The molecule has 0 atom stereocenters. The molecule has 0 unspecified atom stereocenters. The minimum atomic E-state index is 0.596. The van der Waals surface area contributed by atoms with E-state index in [9.17, 15) is 0 Å². The molecule has 0 saturated carbocycles. The molecule has 0 fully saturated rings. The van der Waals surface area contributed by atoms with E-state index in [2.05, 4.69) is 48.9 Å². The highest BCUT2D eigenvalue weighted by atomic mass is 16.5. The van der Waals surface area contributed by atoms with E-state index in [1.165, 1.54) is 16.5 Å². The maximum absolute atomic E-state index is 5.65. The molecule has 3 nitrogen and oxygen atoms in total. The molecule has 18 heavy (non-hydrogen) atoms. The minimum absolute atomic E-state index is 0.596. The van der Waals surface area contributed by atoms with Crippen LogP contribution < -0.4 is 5.73 Å². The largest absolute Gasteiger partial charge is 0.379 e. The molecule has 0 saturated heterocycles. The van der Waals surface area contributed by atoms with Gasteiger partial charge in [-0.1, -0.05) is 19.9 Å². The lowest BCUT2D eigenvalue weighted by atomic mass is 10.1. The Morgan fingerprint density at radius 2 is 2.11 bits per heavy atom. The zero-order valence-electron chi connectivity index (χ0n) is 11.2. The van der Waals surface area contributed by atoms with E-state index in [1.54, 1.807) is 0 Å². The third-order valence-corrected chi connectivity index (χ3v) is 3.00. The Hall–Kier alpha value is -1.32. The predicted molar refractivity (Wildman–Crippen MR) is 75.5 cm³/mol. The summed E-state index contributed by atoms with van der Waals surface area (Å²) in [5.74, 6) is 0.596. The number of hydrogen-bond acceptors (Lipinski definition) is 2. The van der Waals surface area contributed by atoms with E-state index in [4.69, 9.17) is 10.5 Å². The molecule has 2 rings (SSSR count). The van der Waals surface area contributed by atoms with Gasteiger partial charge in [-0.25, -0.2) is 0 Å². The van der Waals surface area contributed by atoms with Gasteiger partial charge in [0.15, 0.2) is 0 Å². The van der Waals surface area contributed by atoms with Gasteiger partial charge in [0.1, 0.15) is 0 Å². The van der Waals surface area contributed by atoms with Crippen LogP contribution in [-0.4, -0.2) is 17.8 Å². The van der Waals surface area contributed by atoms with Crippen molar-refractivity contribution in [1.29, 1.82) is 0 Å². The molecule has 0 amide bonds. The van der Waals surface area contributed by atoms with Gasteiger partial charge in [0.05, 0.1) is 6.61 Å². The van der Waals surface area contributed by atoms with Gasteiger partial charge in [0.25, 0.3) is 0 Å². The molecule has 0 aliphatic carbocycles. The number of fused-ring (bicyclic) bond motifs is 1. The second-order valence-electron chi connectivity index (χ2n) is 5.08. The molecule has 0 aliphatic heterocycles. The lowest BCUT2D eigenvalue weighted by Gasteiger charge is -2.09. The summed E-state index contributed by atoms with van der Waals surface area (Å²) in [5.41, 5.74) is 8.07. The second kappa shape index (κ2) is 6.03. The Morgan fingerprint density at radius 1 is 1.28 bits per heavy atom. The Labute approximate surface area is 109 Å². The molecule has 1 aromatic carbocycles. The number of aromatic nitrogens is 1. The number of hydrogen-bond donors (Lipinski definition) is 1. The lowest BCUT2D eigenvalue weighted by Crippen LogP contribution is -2.08. The van der Waals surface area contributed by atoms with Crippen molar-refractivity contribution in [2.24, 2.45) is 11.7 Å². The third kappa shape index (κ3) is 3.12. The van der Waals surface area contributed by atoms with Gasteiger partial charge < -0.3 is 15.0 Å². The van der Waals surface area contributed by atoms with E-state index in [0.717, 1.165) is 19.8 Å². The van der Waals surface area contributed by atoms with Gasteiger partial charge in [-0.05, 0) is 35.1 Å². The summed E-state index contributed by atoms with van der Waals surface area (Å²) in [6.07, 6.45) is 2.11. The van der Waals surface area contributed by atoms with Crippen molar-refractivity contribution in [3.05, 3.63) is 36.0 Å². The first-order valence-electron chi connectivity index (χ1n) is 6.56. The molecule has 0 radical (unpaired) electrons. The number of ether oxygens (including phenoxy) is 1. The van der Waals surface area contributed by atoms with Crippen LogP contribution in [0.15, 0.2) is 30.5 Å². The predicted octanol–water partition coefficient (Wildman–Crippen LogP) is 2.77. The smallest absolute Gasteiger partial charge is 0.0645 e. The van der Waals surface area contributed by atoms with Crippen molar-refractivity contribution < 1.29 is 4.74 Å². The first kappa shape index (κ1) is 13.1. The highest BCUT2D eigenvalue weighted by Crippen LogP contribution is 2.17. The van der Waals surface area contributed by atoms with E-state index >= 15 is 0 Å². The van der Waals surface area contributed by atoms with Crippen molar-refractivity contribution >= 4 is 10.9 Å². The zero-order chi connectivity index (χ0) is 13.0. The summed E-state index contributed by atoms with van der Waals surface area (Å²) >= 11 is 0. The molecule has 1 heterocycles. The van der Waals surface area contributed by atoms with Crippen molar-refractivity contribution in [2.45, 2.75) is 26.9 Å². The van der Waals surface area contributed by atoms with Crippen LogP contribution >= 0.6 is 0 Å².